The summed E-state index contributed by atoms with van der Waals surface area (Å²) in [5, 5.41) is 2.57. The van der Waals surface area contributed by atoms with E-state index in [9.17, 15) is 9.18 Å². The molecule has 0 aromatic heterocycles. The van der Waals surface area contributed by atoms with E-state index in [2.05, 4.69) is 21.2 Å². The van der Waals surface area contributed by atoms with Crippen molar-refractivity contribution in [2.45, 2.75) is 6.42 Å². The summed E-state index contributed by atoms with van der Waals surface area (Å²) >= 11 is 2.74. The summed E-state index contributed by atoms with van der Waals surface area (Å²) in [6.45, 7) is 0.507. The van der Waals surface area contributed by atoms with Crippen molar-refractivity contribution in [1.29, 1.82) is 0 Å². The van der Waals surface area contributed by atoms with Crippen LogP contribution in [-0.4, -0.2) is 11.4 Å². The smallest absolute Gasteiger partial charge is 0.287 e. The van der Waals surface area contributed by atoms with E-state index >= 15 is 0 Å². The summed E-state index contributed by atoms with van der Waals surface area (Å²) in [6.07, 6.45) is 0.634. The fourth-order valence-electron chi connectivity index (χ4n) is 0.998. The minimum absolute atomic E-state index is 0.246. The molecule has 1 rings (SSSR count). The molecule has 70 valence electrons. The molecule has 4 heteroatoms. The Hall–Kier alpha value is -0.900. The van der Waals surface area contributed by atoms with Crippen molar-refractivity contribution in [1.82, 2.24) is 5.32 Å². The average Bonchev–Trinajstić information content (AvgIpc) is 2.03. The number of carbonyl (C=O) groups is 1. The van der Waals surface area contributed by atoms with Crippen LogP contribution in [0, 0.1) is 5.82 Å². The van der Waals surface area contributed by atoms with Gasteiger partial charge in [-0.05, 0) is 24.1 Å². The highest BCUT2D eigenvalue weighted by Gasteiger charge is 1.96. The van der Waals surface area contributed by atoms with Crippen molar-refractivity contribution >= 4 is 20.7 Å². The summed E-state index contributed by atoms with van der Waals surface area (Å²) in [4.78, 5) is 10.2. The second-order valence-electron chi connectivity index (χ2n) is 2.58. The Morgan fingerprint density at radius 3 is 2.92 bits per heavy atom. The zero-order valence-electron chi connectivity index (χ0n) is 6.89. The van der Waals surface area contributed by atoms with Gasteiger partial charge in [-0.1, -0.05) is 12.1 Å². The molecule has 0 bridgehead atoms. The van der Waals surface area contributed by atoms with Gasteiger partial charge < -0.3 is 5.32 Å². The fourth-order valence-corrected chi connectivity index (χ4v) is 1.20. The van der Waals surface area contributed by atoms with Gasteiger partial charge in [0.2, 0.25) is 0 Å². The highest BCUT2D eigenvalue weighted by molar-refractivity contribution is 9.18. The third-order valence-electron chi connectivity index (χ3n) is 1.57. The Bertz CT molecular complexity index is 303. The van der Waals surface area contributed by atoms with E-state index in [4.69, 9.17) is 0 Å². The van der Waals surface area contributed by atoms with Crippen molar-refractivity contribution in [2.75, 3.05) is 6.54 Å². The molecular weight excluding hydrogens is 237 g/mol. The third-order valence-corrected chi connectivity index (χ3v) is 1.85. The maximum absolute atomic E-state index is 12.7. The number of halogens is 2. The second kappa shape index (κ2) is 4.97. The summed E-state index contributed by atoms with van der Waals surface area (Å²) in [6, 6.07) is 6.33. The van der Waals surface area contributed by atoms with Crippen molar-refractivity contribution in [2.24, 2.45) is 0 Å². The third kappa shape index (κ3) is 4.03. The summed E-state index contributed by atoms with van der Waals surface area (Å²) in [5.41, 5.74) is 0.876. The normalized spacial score (nSPS) is 9.69. The summed E-state index contributed by atoms with van der Waals surface area (Å²) in [5.74, 6) is -0.248. The van der Waals surface area contributed by atoms with Gasteiger partial charge in [-0.25, -0.2) is 4.39 Å². The number of nitrogens with one attached hydrogen (secondary N) is 1. The summed E-state index contributed by atoms with van der Waals surface area (Å²) < 4.78 is 12.7. The molecule has 1 aromatic carbocycles. The van der Waals surface area contributed by atoms with Gasteiger partial charge in [0.15, 0.2) is 0 Å². The van der Waals surface area contributed by atoms with Gasteiger partial charge >= 0.3 is 0 Å². The van der Waals surface area contributed by atoms with Crippen LogP contribution < -0.4 is 5.32 Å². The van der Waals surface area contributed by atoms with Gasteiger partial charge in [0.25, 0.3) is 4.82 Å². The molecular formula is C9H9BrFNO. The van der Waals surface area contributed by atoms with E-state index in [-0.39, 0.29) is 10.6 Å². The monoisotopic (exact) mass is 245 g/mol. The van der Waals surface area contributed by atoms with Crippen LogP contribution in [-0.2, 0) is 6.42 Å². The van der Waals surface area contributed by atoms with Crippen molar-refractivity contribution in [3.8, 4) is 0 Å². The van der Waals surface area contributed by atoms with E-state index in [1.165, 1.54) is 12.1 Å². The van der Waals surface area contributed by atoms with Crippen molar-refractivity contribution in [3.63, 3.8) is 0 Å². The molecule has 1 N–H and O–H groups in total. The van der Waals surface area contributed by atoms with Crippen molar-refractivity contribution < 1.29 is 9.18 Å². The first-order valence-electron chi connectivity index (χ1n) is 3.86. The van der Waals surface area contributed by atoms with Gasteiger partial charge in [-0.15, -0.1) is 0 Å². The van der Waals surface area contributed by atoms with Crippen LogP contribution in [0.2, 0.25) is 0 Å². The lowest BCUT2D eigenvalue weighted by atomic mass is 10.1. The minimum atomic E-state index is -0.248. The lowest BCUT2D eigenvalue weighted by Gasteiger charge is -2.01. The van der Waals surface area contributed by atoms with Crippen molar-refractivity contribution in [3.05, 3.63) is 35.6 Å². The number of rotatable bonds is 3. The quantitative estimate of drug-likeness (QED) is 0.644. The maximum Gasteiger partial charge on any atom is 0.287 e. The molecule has 0 aliphatic rings. The number of amides is 1. The van der Waals surface area contributed by atoms with Gasteiger partial charge in [0.1, 0.15) is 5.82 Å². The number of hydrogen-bond acceptors (Lipinski definition) is 1. The van der Waals surface area contributed by atoms with Crippen LogP contribution in [0.15, 0.2) is 24.3 Å². The zero-order chi connectivity index (χ0) is 9.68. The molecule has 1 amide bonds. The largest absolute Gasteiger partial charge is 0.346 e. The molecule has 0 fully saturated rings. The van der Waals surface area contributed by atoms with E-state index in [1.54, 1.807) is 6.07 Å². The molecule has 0 spiro atoms. The Morgan fingerprint density at radius 1 is 1.54 bits per heavy atom. The van der Waals surface area contributed by atoms with Crippen LogP contribution >= 0.6 is 15.9 Å². The van der Waals surface area contributed by atoms with Crippen LogP contribution in [0.1, 0.15) is 5.56 Å². The number of carbonyl (C=O) groups excluding carboxylic acids is 1. The molecule has 0 heterocycles. The number of hydrogen-bond donors (Lipinski definition) is 1. The fraction of sp³-hybridized carbons (Fsp3) is 0.222. The van der Waals surface area contributed by atoms with E-state index in [0.29, 0.717) is 13.0 Å². The predicted octanol–water partition coefficient (Wildman–Crippen LogP) is 2.47. The molecule has 0 radical (unpaired) electrons. The molecule has 0 aliphatic carbocycles. The molecule has 0 unspecified atom stereocenters. The highest BCUT2D eigenvalue weighted by atomic mass is 79.9. The maximum atomic E-state index is 12.7. The lowest BCUT2D eigenvalue weighted by Crippen LogP contribution is -2.18. The standard InChI is InChI=1S/C9H9BrFNO/c10-9(13)12-5-4-7-2-1-3-8(11)6-7/h1-3,6H,4-5H2,(H,12,13). The van der Waals surface area contributed by atoms with Crippen LogP contribution in [0.5, 0.6) is 0 Å². The van der Waals surface area contributed by atoms with Crippen LogP contribution in [0.4, 0.5) is 9.18 Å². The molecule has 1 aromatic rings. The molecule has 0 saturated heterocycles. The molecule has 0 atom stereocenters. The molecule has 0 saturated carbocycles. The molecule has 0 aliphatic heterocycles. The lowest BCUT2D eigenvalue weighted by molar-refractivity contribution is 0.262. The van der Waals surface area contributed by atoms with Crippen LogP contribution in [0.3, 0.4) is 0 Å². The van der Waals surface area contributed by atoms with Gasteiger partial charge in [0.05, 0.1) is 0 Å². The minimum Gasteiger partial charge on any atom is -0.346 e. The predicted molar refractivity (Wildman–Crippen MR) is 52.4 cm³/mol. The topological polar surface area (TPSA) is 29.1 Å². The SMILES string of the molecule is O=C(Br)NCCc1cccc(F)c1. The summed E-state index contributed by atoms with van der Waals surface area (Å²) in [7, 11) is 0. The van der Waals surface area contributed by atoms with Crippen LogP contribution in [0.25, 0.3) is 0 Å². The average molecular weight is 246 g/mol. The highest BCUT2D eigenvalue weighted by Crippen LogP contribution is 2.03. The Kier molecular flexibility index (Phi) is 3.89. The number of benzene rings is 1. The Balaban J connectivity index is 2.41. The first kappa shape index (κ1) is 10.2. The molecule has 2 nitrogen and oxygen atoms in total. The van der Waals surface area contributed by atoms with E-state index in [1.807, 2.05) is 6.07 Å². The Labute approximate surface area is 84.3 Å². The first-order chi connectivity index (χ1) is 6.18. The van der Waals surface area contributed by atoms with E-state index in [0.717, 1.165) is 5.56 Å². The van der Waals surface area contributed by atoms with Gasteiger partial charge in [-0.3, -0.25) is 4.79 Å². The van der Waals surface area contributed by atoms with Gasteiger partial charge in [-0.2, -0.15) is 0 Å². The first-order valence-corrected chi connectivity index (χ1v) is 4.65. The van der Waals surface area contributed by atoms with Gasteiger partial charge in [0, 0.05) is 22.5 Å². The van der Waals surface area contributed by atoms with E-state index < -0.39 is 0 Å². The zero-order valence-corrected chi connectivity index (χ0v) is 8.47. The molecule has 13 heavy (non-hydrogen) atoms. The second-order valence-corrected chi connectivity index (χ2v) is 3.30. The Morgan fingerprint density at radius 2 is 2.31 bits per heavy atom.